The van der Waals surface area contributed by atoms with Crippen molar-refractivity contribution in [2.45, 2.75) is 5.97 Å². The highest BCUT2D eigenvalue weighted by molar-refractivity contribution is 5.90. The van der Waals surface area contributed by atoms with Crippen LogP contribution in [0.15, 0.2) is 158 Å². The zero-order chi connectivity index (χ0) is 26.8. The molecule has 3 heteroatoms. The molecule has 0 atom stereocenters. The molecule has 0 aliphatic heterocycles. The molecule has 0 saturated carbocycles. The first kappa shape index (κ1) is 23.8. The summed E-state index contributed by atoms with van der Waals surface area (Å²) in [5, 5.41) is 6.10. The lowest BCUT2D eigenvalue weighted by Gasteiger charge is -2.35. The first-order valence-electron chi connectivity index (χ1n) is 13.3. The van der Waals surface area contributed by atoms with Crippen LogP contribution in [-0.2, 0) is 5.97 Å². The van der Waals surface area contributed by atoms with Crippen molar-refractivity contribution < 1.29 is 14.2 Å². The second-order valence-electron chi connectivity index (χ2n) is 9.66. The van der Waals surface area contributed by atoms with Crippen LogP contribution in [-0.4, -0.2) is 0 Å². The van der Waals surface area contributed by atoms with Crippen molar-refractivity contribution in [1.82, 2.24) is 0 Å². The van der Waals surface area contributed by atoms with Crippen molar-refractivity contribution in [3.63, 3.8) is 0 Å². The summed E-state index contributed by atoms with van der Waals surface area (Å²) in [7, 11) is 0. The lowest BCUT2D eigenvalue weighted by molar-refractivity contribution is -0.262. The lowest BCUT2D eigenvalue weighted by Crippen LogP contribution is -2.45. The van der Waals surface area contributed by atoms with Crippen molar-refractivity contribution in [2.75, 3.05) is 0 Å². The molecule has 7 rings (SSSR count). The minimum Gasteiger partial charge on any atom is -0.416 e. The molecule has 40 heavy (non-hydrogen) atoms. The molecular weight excluding hydrogens is 492 g/mol. The van der Waals surface area contributed by atoms with E-state index in [-0.39, 0.29) is 0 Å². The quantitative estimate of drug-likeness (QED) is 0.197. The van der Waals surface area contributed by atoms with Crippen LogP contribution in [0.25, 0.3) is 32.3 Å². The van der Waals surface area contributed by atoms with Crippen LogP contribution in [0.1, 0.15) is 5.56 Å². The topological polar surface area (TPSA) is 27.7 Å². The predicted octanol–water partition coefficient (Wildman–Crippen LogP) is 9.49. The Balaban J connectivity index is 1.48. The van der Waals surface area contributed by atoms with Gasteiger partial charge in [-0.15, -0.1) is 0 Å². The van der Waals surface area contributed by atoms with Gasteiger partial charge in [-0.05, 0) is 46.5 Å². The van der Waals surface area contributed by atoms with Crippen molar-refractivity contribution >= 4 is 32.3 Å². The molecule has 0 N–H and O–H groups in total. The minimum absolute atomic E-state index is 0.655. The van der Waals surface area contributed by atoms with E-state index < -0.39 is 5.97 Å². The molecule has 0 amide bonds. The van der Waals surface area contributed by atoms with Gasteiger partial charge in [0.25, 0.3) is 0 Å². The maximum atomic E-state index is 6.96. The molecule has 0 fully saturated rings. The molecule has 3 nitrogen and oxygen atoms in total. The molecule has 0 unspecified atom stereocenters. The van der Waals surface area contributed by atoms with Gasteiger partial charge in [0.05, 0.1) is 5.56 Å². The van der Waals surface area contributed by atoms with Crippen molar-refractivity contribution in [3.8, 4) is 17.2 Å². The molecule has 0 radical (unpaired) electrons. The van der Waals surface area contributed by atoms with E-state index in [1.807, 2.05) is 103 Å². The Morgan fingerprint density at radius 3 is 1.02 bits per heavy atom. The monoisotopic (exact) mass is 518 g/mol. The van der Waals surface area contributed by atoms with Crippen molar-refractivity contribution in [3.05, 3.63) is 163 Å². The van der Waals surface area contributed by atoms with Gasteiger partial charge in [0, 0.05) is 16.2 Å². The molecule has 7 aromatic rings. The van der Waals surface area contributed by atoms with E-state index in [4.69, 9.17) is 14.2 Å². The van der Waals surface area contributed by atoms with Crippen LogP contribution in [0.4, 0.5) is 0 Å². The van der Waals surface area contributed by atoms with Gasteiger partial charge in [0.1, 0.15) is 17.2 Å². The van der Waals surface area contributed by atoms with Gasteiger partial charge in [-0.3, -0.25) is 0 Å². The fourth-order valence-electron chi connectivity index (χ4n) is 5.17. The number of fused-ring (bicyclic) bond motifs is 3. The van der Waals surface area contributed by atoms with Gasteiger partial charge in [-0.25, -0.2) is 0 Å². The van der Waals surface area contributed by atoms with E-state index in [2.05, 4.69) is 54.6 Å². The third-order valence-electron chi connectivity index (χ3n) is 7.11. The van der Waals surface area contributed by atoms with E-state index in [1.54, 1.807) is 0 Å². The first-order chi connectivity index (χ1) is 19.8. The summed E-state index contributed by atoms with van der Waals surface area (Å²) >= 11 is 0. The largest absolute Gasteiger partial charge is 0.447 e. The van der Waals surface area contributed by atoms with Crippen molar-refractivity contribution in [2.24, 2.45) is 0 Å². The molecule has 192 valence electrons. The SMILES string of the molecule is c1ccc(C(Oc2cccc3ccccc23)(Oc2cccc3ccccc23)Oc2cccc3ccccc23)cc1. The summed E-state index contributed by atoms with van der Waals surface area (Å²) in [6.07, 6.45) is 0. The van der Waals surface area contributed by atoms with Crippen LogP contribution < -0.4 is 14.2 Å². The van der Waals surface area contributed by atoms with Gasteiger partial charge in [-0.1, -0.05) is 127 Å². The highest BCUT2D eigenvalue weighted by atomic mass is 16.9. The normalized spacial score (nSPS) is 11.5. The molecule has 0 aliphatic carbocycles. The molecule has 0 bridgehead atoms. The fourth-order valence-corrected chi connectivity index (χ4v) is 5.17. The Kier molecular flexibility index (Phi) is 6.02. The Labute approximate surface area is 232 Å². The van der Waals surface area contributed by atoms with Gasteiger partial charge in [0.15, 0.2) is 0 Å². The van der Waals surface area contributed by atoms with Crippen LogP contribution in [0.3, 0.4) is 0 Å². The van der Waals surface area contributed by atoms with Crippen LogP contribution >= 0.6 is 0 Å². The summed E-state index contributed by atoms with van der Waals surface area (Å²) in [6, 6.07) is 52.4. The van der Waals surface area contributed by atoms with Gasteiger partial charge >= 0.3 is 5.97 Å². The Bertz CT molecular complexity index is 1730. The van der Waals surface area contributed by atoms with E-state index in [1.165, 1.54) is 0 Å². The van der Waals surface area contributed by atoms with E-state index in [0.717, 1.165) is 37.9 Å². The van der Waals surface area contributed by atoms with Crippen LogP contribution in [0.2, 0.25) is 0 Å². The molecule has 0 aliphatic rings. The number of rotatable bonds is 7. The molecule has 0 heterocycles. The molecule has 7 aromatic carbocycles. The zero-order valence-electron chi connectivity index (χ0n) is 21.7. The predicted molar refractivity (Wildman–Crippen MR) is 162 cm³/mol. The van der Waals surface area contributed by atoms with Crippen molar-refractivity contribution in [1.29, 1.82) is 0 Å². The third kappa shape index (κ3) is 4.38. The summed E-state index contributed by atoms with van der Waals surface area (Å²) in [5.74, 6) is 0.312. The smallest absolute Gasteiger partial charge is 0.416 e. The number of benzene rings is 7. The third-order valence-corrected chi connectivity index (χ3v) is 7.11. The summed E-state index contributed by atoms with van der Waals surface area (Å²) < 4.78 is 20.9. The van der Waals surface area contributed by atoms with Gasteiger partial charge in [-0.2, -0.15) is 0 Å². The Morgan fingerprint density at radius 2 is 0.625 bits per heavy atom. The Hall–Kier alpha value is -5.28. The highest BCUT2D eigenvalue weighted by Crippen LogP contribution is 2.40. The average Bonchev–Trinajstić information content (AvgIpc) is 3.02. The summed E-state index contributed by atoms with van der Waals surface area (Å²) in [6.45, 7) is 0. The van der Waals surface area contributed by atoms with Gasteiger partial charge in [0.2, 0.25) is 0 Å². The number of hydrogen-bond acceptors (Lipinski definition) is 3. The second kappa shape index (κ2) is 10.1. The lowest BCUT2D eigenvalue weighted by atomic mass is 10.1. The Morgan fingerprint density at radius 1 is 0.300 bits per heavy atom. The first-order valence-corrected chi connectivity index (χ1v) is 13.3. The molecule has 0 aromatic heterocycles. The van der Waals surface area contributed by atoms with E-state index >= 15 is 0 Å². The van der Waals surface area contributed by atoms with Crippen LogP contribution in [0.5, 0.6) is 17.2 Å². The average molecular weight is 519 g/mol. The maximum absolute atomic E-state index is 6.96. The van der Waals surface area contributed by atoms with Gasteiger partial charge < -0.3 is 14.2 Å². The summed E-state index contributed by atoms with van der Waals surface area (Å²) in [4.78, 5) is 0. The summed E-state index contributed by atoms with van der Waals surface area (Å²) in [5.41, 5.74) is 0.726. The molecule has 0 saturated heterocycles. The highest BCUT2D eigenvalue weighted by Gasteiger charge is 2.42. The van der Waals surface area contributed by atoms with E-state index in [9.17, 15) is 0 Å². The van der Waals surface area contributed by atoms with E-state index in [0.29, 0.717) is 17.2 Å². The number of ether oxygens (including phenoxy) is 3. The standard InChI is InChI=1S/C37H26O3/c1-2-19-30(20-3-1)37(38-34-24-10-16-27-13-4-7-21-31(27)34,39-35-25-11-17-28-14-5-8-22-32(28)35)40-36-26-12-18-29-15-6-9-23-33(29)36/h1-26H. The maximum Gasteiger partial charge on any atom is 0.447 e. The minimum atomic E-state index is -1.65. The fraction of sp³-hybridized carbons (Fsp3) is 0.0270. The molecule has 0 spiro atoms. The van der Waals surface area contributed by atoms with Crippen LogP contribution in [0, 0.1) is 0 Å². The second-order valence-corrected chi connectivity index (χ2v) is 9.66. The molecular formula is C37H26O3. The number of hydrogen-bond donors (Lipinski definition) is 0. The zero-order valence-corrected chi connectivity index (χ0v) is 21.7.